The van der Waals surface area contributed by atoms with Gasteiger partial charge in [-0.3, -0.25) is 4.79 Å². The first-order valence-corrected chi connectivity index (χ1v) is 7.59. The maximum Gasteiger partial charge on any atom is 0.328 e. The number of rotatable bonds is 3. The van der Waals surface area contributed by atoms with Gasteiger partial charge in [-0.05, 0) is 18.7 Å². The van der Waals surface area contributed by atoms with Crippen molar-refractivity contribution in [1.82, 2.24) is 4.90 Å². The molecule has 0 aromatic rings. The third-order valence-corrected chi connectivity index (χ3v) is 7.30. The van der Waals surface area contributed by atoms with Gasteiger partial charge in [0, 0.05) is 5.75 Å². The Labute approximate surface area is 108 Å². The van der Waals surface area contributed by atoms with Gasteiger partial charge in [0.25, 0.3) is 0 Å². The van der Waals surface area contributed by atoms with E-state index in [2.05, 4.69) is 0 Å². The lowest BCUT2D eigenvalue weighted by molar-refractivity contribution is -0.157. The van der Waals surface area contributed by atoms with Crippen LogP contribution in [0.25, 0.3) is 0 Å². The quantitative estimate of drug-likeness (QED) is 0.545. The molecule has 2 heterocycles. The minimum absolute atomic E-state index is 0.164. The minimum atomic E-state index is -3.77. The van der Waals surface area contributed by atoms with Crippen molar-refractivity contribution in [2.75, 3.05) is 5.75 Å². The molecule has 2 saturated heterocycles. The number of amides is 1. The number of fused-ring (bicyclic) bond motifs is 1. The number of β-lactam (4-membered cyclic amide) rings is 1. The highest BCUT2D eigenvalue weighted by Gasteiger charge is 2.69. The average molecular weight is 290 g/mol. The molecule has 7 nitrogen and oxygen atoms in total. The number of carboxylic acids is 1. The van der Waals surface area contributed by atoms with Crippen LogP contribution in [0.3, 0.4) is 0 Å². The second kappa shape index (κ2) is 3.86. The highest BCUT2D eigenvalue weighted by Crippen LogP contribution is 2.47. The van der Waals surface area contributed by atoms with Crippen LogP contribution in [0.15, 0.2) is 0 Å². The van der Waals surface area contributed by atoms with Gasteiger partial charge in [0.1, 0.15) is 15.5 Å². The number of aliphatic carboxylic acids is 1. The van der Waals surface area contributed by atoms with Gasteiger partial charge < -0.3 is 10.0 Å². The largest absolute Gasteiger partial charge is 0.480 e. The maximum absolute atomic E-state index is 12.3. The Morgan fingerprint density at radius 3 is 2.78 bits per heavy atom. The second-order valence-electron chi connectivity index (χ2n) is 4.44. The third kappa shape index (κ3) is 1.39. The number of carboxylic acid groups (broad SMARTS) is 1. The van der Waals surface area contributed by atoms with E-state index in [1.54, 1.807) is 5.40 Å². The molecule has 0 aromatic heterocycles. The van der Waals surface area contributed by atoms with Crippen LogP contribution in [-0.2, 0) is 19.4 Å². The van der Waals surface area contributed by atoms with Crippen LogP contribution in [0.5, 0.6) is 0 Å². The number of carbonyl (C=O) groups is 2. The van der Waals surface area contributed by atoms with Crippen molar-refractivity contribution in [1.29, 1.82) is 5.26 Å². The van der Waals surface area contributed by atoms with Crippen LogP contribution in [0.2, 0.25) is 0 Å². The summed E-state index contributed by atoms with van der Waals surface area (Å²) in [5.41, 5.74) is 0. The summed E-state index contributed by atoms with van der Waals surface area (Å²) in [6.45, 7) is 1.29. The molecule has 2 rings (SSSR count). The summed E-state index contributed by atoms with van der Waals surface area (Å²) in [5.74, 6) is -1.99. The Hall–Kier alpha value is -1.27. The van der Waals surface area contributed by atoms with E-state index in [-0.39, 0.29) is 12.2 Å². The summed E-state index contributed by atoms with van der Waals surface area (Å²) in [7, 11) is -3.77. The van der Waals surface area contributed by atoms with E-state index in [1.807, 2.05) is 0 Å². The molecule has 9 heteroatoms. The lowest BCUT2D eigenvalue weighted by atomic mass is 9.98. The van der Waals surface area contributed by atoms with Crippen molar-refractivity contribution < 1.29 is 23.1 Å². The molecule has 0 spiro atoms. The number of thioether (sulfide) groups is 1. The third-order valence-electron chi connectivity index (χ3n) is 3.47. The molecule has 1 N–H and O–H groups in total. The molecule has 3 atom stereocenters. The second-order valence-corrected chi connectivity index (χ2v) is 7.76. The van der Waals surface area contributed by atoms with E-state index in [9.17, 15) is 18.0 Å². The molecule has 18 heavy (non-hydrogen) atoms. The number of carbonyl (C=O) groups excluding carboxylic acids is 1. The molecule has 0 radical (unpaired) electrons. The van der Waals surface area contributed by atoms with E-state index < -0.39 is 37.9 Å². The SMILES string of the molecule is C[C@]1(CSC#N)[C@H](C(=O)O)N2C(=O)C[C@@H]2S1(=O)=O. The molecular weight excluding hydrogens is 280 g/mol. The zero-order valence-corrected chi connectivity index (χ0v) is 11.0. The molecule has 0 aromatic carbocycles. The molecule has 0 unspecified atom stereocenters. The first-order valence-electron chi connectivity index (χ1n) is 5.05. The van der Waals surface area contributed by atoms with Crippen LogP contribution < -0.4 is 0 Å². The summed E-state index contributed by atoms with van der Waals surface area (Å²) in [5, 5.41) is 18.4. The van der Waals surface area contributed by atoms with E-state index in [0.717, 1.165) is 4.90 Å². The van der Waals surface area contributed by atoms with E-state index >= 15 is 0 Å². The van der Waals surface area contributed by atoms with E-state index in [0.29, 0.717) is 11.8 Å². The van der Waals surface area contributed by atoms with Gasteiger partial charge in [-0.25, -0.2) is 13.2 Å². The highest BCUT2D eigenvalue weighted by molar-refractivity contribution is 8.05. The first-order chi connectivity index (χ1) is 8.27. The van der Waals surface area contributed by atoms with Crippen molar-refractivity contribution in [3.8, 4) is 5.40 Å². The summed E-state index contributed by atoms with van der Waals surface area (Å²) in [4.78, 5) is 23.6. The molecule has 0 bridgehead atoms. The minimum Gasteiger partial charge on any atom is -0.480 e. The molecule has 1 amide bonds. The monoisotopic (exact) mass is 290 g/mol. The number of hydrogen-bond donors (Lipinski definition) is 1. The topological polar surface area (TPSA) is 116 Å². The Kier molecular flexibility index (Phi) is 2.82. The highest BCUT2D eigenvalue weighted by atomic mass is 32.2. The Bertz CT molecular complexity index is 566. The van der Waals surface area contributed by atoms with Gasteiger partial charge in [-0.2, -0.15) is 5.26 Å². The number of thiocyanates is 1. The Balaban J connectivity index is 2.51. The van der Waals surface area contributed by atoms with Gasteiger partial charge in [0.05, 0.1) is 6.42 Å². The molecule has 0 aliphatic carbocycles. The lowest BCUT2D eigenvalue weighted by Crippen LogP contribution is -2.57. The number of nitrogens with zero attached hydrogens (tertiary/aromatic N) is 2. The fourth-order valence-corrected chi connectivity index (χ4v) is 5.84. The predicted octanol–water partition coefficient (Wildman–Crippen LogP) is -0.601. The van der Waals surface area contributed by atoms with Crippen LogP contribution in [-0.4, -0.2) is 52.2 Å². The molecule has 2 fully saturated rings. The number of sulfone groups is 1. The number of nitriles is 1. The first kappa shape index (κ1) is 13.2. The number of hydrogen-bond acceptors (Lipinski definition) is 6. The fraction of sp³-hybridized carbons (Fsp3) is 0.667. The van der Waals surface area contributed by atoms with Gasteiger partial charge in [0.2, 0.25) is 5.91 Å². The van der Waals surface area contributed by atoms with Gasteiger partial charge in [0.15, 0.2) is 15.9 Å². The summed E-state index contributed by atoms with van der Waals surface area (Å²) in [6, 6.07) is -1.41. The van der Waals surface area contributed by atoms with Gasteiger partial charge in [-0.1, -0.05) is 0 Å². The van der Waals surface area contributed by atoms with E-state index in [4.69, 9.17) is 10.4 Å². The molecule has 2 aliphatic rings. The van der Waals surface area contributed by atoms with Crippen LogP contribution in [0, 0.1) is 10.7 Å². The zero-order valence-electron chi connectivity index (χ0n) is 9.36. The smallest absolute Gasteiger partial charge is 0.328 e. The van der Waals surface area contributed by atoms with Crippen molar-refractivity contribution in [2.24, 2.45) is 0 Å². The van der Waals surface area contributed by atoms with Crippen LogP contribution >= 0.6 is 11.8 Å². The summed E-state index contributed by atoms with van der Waals surface area (Å²) in [6.07, 6.45) is -0.168. The van der Waals surface area contributed by atoms with Gasteiger partial charge in [-0.15, -0.1) is 0 Å². The summed E-state index contributed by atoms with van der Waals surface area (Å²) < 4.78 is 22.9. The molecular formula is C9H10N2O5S2. The lowest BCUT2D eigenvalue weighted by Gasteiger charge is -2.35. The Morgan fingerprint density at radius 2 is 2.33 bits per heavy atom. The van der Waals surface area contributed by atoms with Gasteiger partial charge >= 0.3 is 5.97 Å². The van der Waals surface area contributed by atoms with Crippen LogP contribution in [0.1, 0.15) is 13.3 Å². The van der Waals surface area contributed by atoms with Crippen molar-refractivity contribution in [2.45, 2.75) is 29.5 Å². The predicted molar refractivity (Wildman–Crippen MR) is 62.1 cm³/mol. The van der Waals surface area contributed by atoms with Crippen molar-refractivity contribution in [3.05, 3.63) is 0 Å². The zero-order chi connectivity index (χ0) is 13.7. The van der Waals surface area contributed by atoms with Crippen LogP contribution in [0.4, 0.5) is 0 Å². The Morgan fingerprint density at radius 1 is 1.72 bits per heavy atom. The van der Waals surface area contributed by atoms with Crippen molar-refractivity contribution in [3.63, 3.8) is 0 Å². The normalized spacial score (nSPS) is 36.7. The fourth-order valence-electron chi connectivity index (χ4n) is 2.45. The summed E-state index contributed by atoms with van der Waals surface area (Å²) >= 11 is 0.686. The molecule has 98 valence electrons. The maximum atomic E-state index is 12.3. The van der Waals surface area contributed by atoms with E-state index in [1.165, 1.54) is 6.92 Å². The average Bonchev–Trinajstić information content (AvgIpc) is 2.41. The molecule has 0 saturated carbocycles. The standard InChI is InChI=1S/C9H10N2O5S2/c1-9(3-17-4-10)7(8(13)14)11-5(12)2-6(11)18(9,15)16/h6-7H,2-3H2,1H3,(H,13,14)/t6-,7-,9-/m0/s1. The molecule has 2 aliphatic heterocycles. The van der Waals surface area contributed by atoms with Crippen molar-refractivity contribution >= 4 is 33.5 Å².